The van der Waals surface area contributed by atoms with Gasteiger partial charge in [0.25, 0.3) is 0 Å². The van der Waals surface area contributed by atoms with Gasteiger partial charge in [0.15, 0.2) is 0 Å². The van der Waals surface area contributed by atoms with E-state index in [4.69, 9.17) is 4.74 Å². The van der Waals surface area contributed by atoms with Crippen LogP contribution < -0.4 is 10.2 Å². The SMILES string of the molecule is CS(=O)(=O)N1CCC(C(=O)Nc2ccc(N3CCOC3=O)cc2)CC1. The summed E-state index contributed by atoms with van der Waals surface area (Å²) in [4.78, 5) is 25.4. The van der Waals surface area contributed by atoms with Crippen molar-refractivity contribution in [3.63, 3.8) is 0 Å². The van der Waals surface area contributed by atoms with E-state index in [1.54, 1.807) is 24.3 Å². The summed E-state index contributed by atoms with van der Waals surface area (Å²) in [6.45, 7) is 1.63. The highest BCUT2D eigenvalue weighted by Gasteiger charge is 2.29. The molecule has 1 aromatic carbocycles. The number of benzene rings is 1. The number of rotatable bonds is 4. The van der Waals surface area contributed by atoms with E-state index in [1.807, 2.05) is 0 Å². The third kappa shape index (κ3) is 4.10. The Balaban J connectivity index is 1.56. The molecule has 0 atom stereocenters. The molecule has 0 bridgehead atoms. The Morgan fingerprint density at radius 2 is 1.80 bits per heavy atom. The highest BCUT2D eigenvalue weighted by atomic mass is 32.2. The normalized spacial score (nSPS) is 19.7. The number of ether oxygens (including phenoxy) is 1. The molecule has 136 valence electrons. The smallest absolute Gasteiger partial charge is 0.414 e. The number of cyclic esters (lactones) is 1. The van der Waals surface area contributed by atoms with Crippen LogP contribution in [0.4, 0.5) is 16.2 Å². The topological polar surface area (TPSA) is 96.0 Å². The van der Waals surface area contributed by atoms with Crippen molar-refractivity contribution in [1.82, 2.24) is 4.31 Å². The van der Waals surface area contributed by atoms with Gasteiger partial charge in [-0.3, -0.25) is 9.69 Å². The van der Waals surface area contributed by atoms with E-state index < -0.39 is 10.0 Å². The van der Waals surface area contributed by atoms with Crippen LogP contribution in [-0.2, 0) is 19.6 Å². The number of anilines is 2. The molecule has 2 fully saturated rings. The molecule has 25 heavy (non-hydrogen) atoms. The first-order valence-electron chi connectivity index (χ1n) is 8.15. The zero-order valence-corrected chi connectivity index (χ0v) is 14.8. The molecule has 0 radical (unpaired) electrons. The first-order chi connectivity index (χ1) is 11.8. The van der Waals surface area contributed by atoms with Crippen molar-refractivity contribution in [2.45, 2.75) is 12.8 Å². The van der Waals surface area contributed by atoms with Gasteiger partial charge in [0.1, 0.15) is 6.61 Å². The largest absolute Gasteiger partial charge is 0.447 e. The maximum Gasteiger partial charge on any atom is 0.414 e. The number of carbonyl (C=O) groups is 2. The molecule has 0 aromatic heterocycles. The summed E-state index contributed by atoms with van der Waals surface area (Å²) >= 11 is 0. The molecule has 2 aliphatic rings. The van der Waals surface area contributed by atoms with E-state index in [0.29, 0.717) is 44.8 Å². The van der Waals surface area contributed by atoms with Gasteiger partial charge in [-0.1, -0.05) is 0 Å². The van der Waals surface area contributed by atoms with Crippen molar-refractivity contribution in [1.29, 1.82) is 0 Å². The average Bonchev–Trinajstić information content (AvgIpc) is 3.01. The monoisotopic (exact) mass is 367 g/mol. The highest BCUT2D eigenvalue weighted by molar-refractivity contribution is 7.88. The van der Waals surface area contributed by atoms with Crippen molar-refractivity contribution in [2.75, 3.05) is 42.7 Å². The van der Waals surface area contributed by atoms with Crippen LogP contribution >= 0.6 is 0 Å². The molecule has 0 saturated carbocycles. The summed E-state index contributed by atoms with van der Waals surface area (Å²) in [5.41, 5.74) is 1.37. The molecule has 1 aromatic rings. The van der Waals surface area contributed by atoms with Crippen molar-refractivity contribution in [3.8, 4) is 0 Å². The van der Waals surface area contributed by atoms with Gasteiger partial charge in [-0.15, -0.1) is 0 Å². The number of hydrogen-bond donors (Lipinski definition) is 1. The van der Waals surface area contributed by atoms with E-state index in [1.165, 1.54) is 15.5 Å². The Hall–Kier alpha value is -2.13. The lowest BCUT2D eigenvalue weighted by Crippen LogP contribution is -2.40. The Morgan fingerprint density at radius 3 is 2.32 bits per heavy atom. The second-order valence-electron chi connectivity index (χ2n) is 6.24. The zero-order valence-electron chi connectivity index (χ0n) is 14.0. The molecule has 2 heterocycles. The summed E-state index contributed by atoms with van der Waals surface area (Å²) in [6, 6.07) is 7.00. The van der Waals surface area contributed by atoms with E-state index in [-0.39, 0.29) is 17.9 Å². The first kappa shape index (κ1) is 17.7. The molecule has 2 aliphatic heterocycles. The minimum atomic E-state index is -3.19. The summed E-state index contributed by atoms with van der Waals surface area (Å²) in [6.07, 6.45) is 1.84. The van der Waals surface area contributed by atoms with E-state index >= 15 is 0 Å². The molecule has 0 spiro atoms. The summed E-state index contributed by atoms with van der Waals surface area (Å²) in [5.74, 6) is -0.312. The lowest BCUT2D eigenvalue weighted by Gasteiger charge is -2.29. The number of nitrogens with one attached hydrogen (secondary N) is 1. The van der Waals surface area contributed by atoms with Crippen LogP contribution in [0.15, 0.2) is 24.3 Å². The van der Waals surface area contributed by atoms with E-state index in [9.17, 15) is 18.0 Å². The molecule has 1 N–H and O–H groups in total. The predicted octanol–water partition coefficient (Wildman–Crippen LogP) is 1.25. The zero-order chi connectivity index (χ0) is 18.0. The van der Waals surface area contributed by atoms with Crippen LogP contribution in [0.1, 0.15) is 12.8 Å². The fourth-order valence-electron chi connectivity index (χ4n) is 3.05. The number of hydrogen-bond acceptors (Lipinski definition) is 5. The Kier molecular flexibility index (Phi) is 4.96. The predicted molar refractivity (Wildman–Crippen MR) is 92.9 cm³/mol. The quantitative estimate of drug-likeness (QED) is 0.864. The lowest BCUT2D eigenvalue weighted by atomic mass is 9.97. The van der Waals surface area contributed by atoms with Gasteiger partial charge in [-0.2, -0.15) is 0 Å². The molecular weight excluding hydrogens is 346 g/mol. The van der Waals surface area contributed by atoms with Crippen molar-refractivity contribution in [3.05, 3.63) is 24.3 Å². The summed E-state index contributed by atoms with van der Waals surface area (Å²) in [7, 11) is -3.19. The fourth-order valence-corrected chi connectivity index (χ4v) is 3.92. The molecular formula is C16H21N3O5S. The number of piperidine rings is 1. The van der Waals surface area contributed by atoms with Crippen LogP contribution in [-0.4, -0.2) is 57.2 Å². The minimum Gasteiger partial charge on any atom is -0.447 e. The third-order valence-electron chi connectivity index (χ3n) is 4.50. The van der Waals surface area contributed by atoms with Crippen LogP contribution in [0, 0.1) is 5.92 Å². The van der Waals surface area contributed by atoms with Crippen LogP contribution in [0.25, 0.3) is 0 Å². The molecule has 2 amide bonds. The van der Waals surface area contributed by atoms with Gasteiger partial charge in [0.2, 0.25) is 15.9 Å². The third-order valence-corrected chi connectivity index (χ3v) is 5.80. The van der Waals surface area contributed by atoms with Crippen molar-refractivity contribution < 1.29 is 22.7 Å². The highest BCUT2D eigenvalue weighted by Crippen LogP contribution is 2.23. The van der Waals surface area contributed by atoms with Crippen LogP contribution in [0.5, 0.6) is 0 Å². The fraction of sp³-hybridized carbons (Fsp3) is 0.500. The molecule has 8 nitrogen and oxygen atoms in total. The number of amides is 2. The number of nitrogens with zero attached hydrogens (tertiary/aromatic N) is 2. The van der Waals surface area contributed by atoms with Crippen LogP contribution in [0.2, 0.25) is 0 Å². The van der Waals surface area contributed by atoms with Crippen LogP contribution in [0.3, 0.4) is 0 Å². The molecule has 9 heteroatoms. The van der Waals surface area contributed by atoms with Crippen molar-refractivity contribution >= 4 is 33.4 Å². The van der Waals surface area contributed by atoms with Gasteiger partial charge in [-0.25, -0.2) is 17.5 Å². The lowest BCUT2D eigenvalue weighted by molar-refractivity contribution is -0.120. The molecule has 3 rings (SSSR count). The van der Waals surface area contributed by atoms with Gasteiger partial charge in [0, 0.05) is 30.4 Å². The first-order valence-corrected chi connectivity index (χ1v) is 10.00. The second kappa shape index (κ2) is 7.01. The van der Waals surface area contributed by atoms with Gasteiger partial charge >= 0.3 is 6.09 Å². The Labute approximate surface area is 146 Å². The Bertz CT molecular complexity index is 754. The summed E-state index contributed by atoms with van der Waals surface area (Å²) in [5, 5.41) is 2.85. The van der Waals surface area contributed by atoms with Gasteiger partial charge < -0.3 is 10.1 Å². The molecule has 0 aliphatic carbocycles. The average molecular weight is 367 g/mol. The summed E-state index contributed by atoms with van der Waals surface area (Å²) < 4.78 is 29.3. The van der Waals surface area contributed by atoms with Gasteiger partial charge in [-0.05, 0) is 37.1 Å². The molecule has 2 saturated heterocycles. The maximum atomic E-state index is 12.4. The number of sulfonamides is 1. The second-order valence-corrected chi connectivity index (χ2v) is 8.22. The van der Waals surface area contributed by atoms with E-state index in [0.717, 1.165) is 5.69 Å². The van der Waals surface area contributed by atoms with Crippen molar-refractivity contribution in [2.24, 2.45) is 5.92 Å². The van der Waals surface area contributed by atoms with E-state index in [2.05, 4.69) is 5.32 Å². The Morgan fingerprint density at radius 1 is 1.16 bits per heavy atom. The standard InChI is InChI=1S/C16H21N3O5S/c1-25(22,23)18-8-6-12(7-9-18)15(20)17-13-2-4-14(5-3-13)19-10-11-24-16(19)21/h2-5,12H,6-11H2,1H3,(H,17,20). The number of carbonyl (C=O) groups excluding carboxylic acids is 2. The minimum absolute atomic E-state index is 0.110. The van der Waals surface area contributed by atoms with Gasteiger partial charge in [0.05, 0.1) is 12.8 Å². The molecule has 0 unspecified atom stereocenters. The maximum absolute atomic E-state index is 12.4.